The van der Waals surface area contributed by atoms with Crippen LogP contribution in [0.25, 0.3) is 5.52 Å². The minimum atomic E-state index is -0.490. The van der Waals surface area contributed by atoms with Crippen LogP contribution >= 0.6 is 0 Å². The first kappa shape index (κ1) is 17.4. The number of hydrogen-bond donors (Lipinski definition) is 0. The number of aliphatic imine (C=N–C) groups is 1. The second-order valence-electron chi connectivity index (χ2n) is 8.12. The minimum absolute atomic E-state index is 0.209. The van der Waals surface area contributed by atoms with Crippen LogP contribution in [0.3, 0.4) is 0 Å². The van der Waals surface area contributed by atoms with Gasteiger partial charge < -0.3 is 0 Å². The molecule has 0 N–H and O–H groups in total. The van der Waals surface area contributed by atoms with Gasteiger partial charge in [0, 0.05) is 22.1 Å². The van der Waals surface area contributed by atoms with Gasteiger partial charge in [-0.15, -0.1) is 0 Å². The lowest BCUT2D eigenvalue weighted by atomic mass is 9.65. The lowest BCUT2D eigenvalue weighted by Gasteiger charge is -2.44. The highest BCUT2D eigenvalue weighted by Crippen LogP contribution is 2.45. The van der Waals surface area contributed by atoms with Crippen molar-refractivity contribution in [2.75, 3.05) is 0 Å². The quantitative estimate of drug-likeness (QED) is 0.639. The Balaban J connectivity index is 2.04. The summed E-state index contributed by atoms with van der Waals surface area (Å²) in [5.41, 5.74) is 4.21. The standard InChI is InChI=1S/C22H21FN4/c1-13-17(11-14-9-10-15(12-24)27(14)26-13)20-16-7-6-8-18(23)19(16)21(2,3)22(4,5)25-20/h6-11H,1-5H3. The molecular weight excluding hydrogens is 339 g/mol. The SMILES string of the molecule is Cc1nn2c(C#N)ccc2cc1C1=NC(C)(C)C(C)(C)c2c(F)cccc21. The lowest BCUT2D eigenvalue weighted by molar-refractivity contribution is 0.293. The van der Waals surface area contributed by atoms with Crippen molar-refractivity contribution >= 4 is 11.2 Å². The fourth-order valence-electron chi connectivity index (χ4n) is 3.79. The van der Waals surface area contributed by atoms with Gasteiger partial charge in [0.2, 0.25) is 0 Å². The molecular formula is C22H21FN4. The maximum atomic E-state index is 14.9. The van der Waals surface area contributed by atoms with Crippen molar-refractivity contribution in [1.82, 2.24) is 9.61 Å². The Morgan fingerprint density at radius 1 is 1.07 bits per heavy atom. The van der Waals surface area contributed by atoms with Crippen LogP contribution < -0.4 is 0 Å². The van der Waals surface area contributed by atoms with Gasteiger partial charge in [0.25, 0.3) is 0 Å². The van der Waals surface area contributed by atoms with E-state index in [1.807, 2.05) is 52.8 Å². The second-order valence-corrected chi connectivity index (χ2v) is 8.12. The van der Waals surface area contributed by atoms with E-state index in [4.69, 9.17) is 4.99 Å². The molecule has 0 amide bonds. The predicted octanol–water partition coefficient (Wildman–Crippen LogP) is 4.56. The second kappa shape index (κ2) is 5.50. The zero-order valence-electron chi connectivity index (χ0n) is 16.1. The summed E-state index contributed by atoms with van der Waals surface area (Å²) < 4.78 is 16.5. The van der Waals surface area contributed by atoms with Gasteiger partial charge >= 0.3 is 0 Å². The largest absolute Gasteiger partial charge is 0.277 e. The third-order valence-electron chi connectivity index (χ3n) is 6.00. The van der Waals surface area contributed by atoms with Gasteiger partial charge in [0.05, 0.1) is 22.5 Å². The average Bonchev–Trinajstić information content (AvgIpc) is 2.99. The number of fused-ring (bicyclic) bond motifs is 2. The normalized spacial score (nSPS) is 17.3. The molecule has 0 aliphatic carbocycles. The Kier molecular flexibility index (Phi) is 3.55. The molecule has 1 aromatic carbocycles. The number of nitrogens with zero attached hydrogens (tertiary/aromatic N) is 4. The highest BCUT2D eigenvalue weighted by molar-refractivity contribution is 6.16. The molecule has 5 heteroatoms. The summed E-state index contributed by atoms with van der Waals surface area (Å²) in [5.74, 6) is -0.209. The molecule has 0 saturated heterocycles. The minimum Gasteiger partial charge on any atom is -0.277 e. The highest BCUT2D eigenvalue weighted by Gasteiger charge is 2.45. The zero-order chi connectivity index (χ0) is 19.6. The number of nitriles is 1. The first-order valence-electron chi connectivity index (χ1n) is 8.96. The van der Waals surface area contributed by atoms with Crippen molar-refractivity contribution in [3.8, 4) is 6.07 Å². The Morgan fingerprint density at radius 2 is 1.81 bits per heavy atom. The monoisotopic (exact) mass is 360 g/mol. The van der Waals surface area contributed by atoms with Crippen LogP contribution in [0.2, 0.25) is 0 Å². The molecule has 2 aromatic heterocycles. The van der Waals surface area contributed by atoms with Crippen LogP contribution in [0.15, 0.2) is 41.4 Å². The first-order chi connectivity index (χ1) is 12.7. The van der Waals surface area contributed by atoms with E-state index < -0.39 is 11.0 Å². The molecule has 4 nitrogen and oxygen atoms in total. The Labute approximate surface area is 158 Å². The van der Waals surface area contributed by atoms with Crippen LogP contribution in [0.5, 0.6) is 0 Å². The number of hydrogen-bond acceptors (Lipinski definition) is 3. The number of aryl methyl sites for hydroxylation is 1. The molecule has 0 bridgehead atoms. The van der Waals surface area contributed by atoms with Gasteiger partial charge in [-0.1, -0.05) is 26.0 Å². The predicted molar refractivity (Wildman–Crippen MR) is 104 cm³/mol. The molecule has 27 heavy (non-hydrogen) atoms. The average molecular weight is 360 g/mol. The van der Waals surface area contributed by atoms with Gasteiger partial charge in [-0.05, 0) is 45.0 Å². The molecule has 1 aliphatic heterocycles. The van der Waals surface area contributed by atoms with E-state index in [1.54, 1.807) is 16.6 Å². The Hall–Kier alpha value is -3.00. The maximum Gasteiger partial charge on any atom is 0.142 e. The summed E-state index contributed by atoms with van der Waals surface area (Å²) in [6.07, 6.45) is 0. The summed E-state index contributed by atoms with van der Waals surface area (Å²) in [4.78, 5) is 5.05. The molecule has 4 rings (SSSR count). The molecule has 136 valence electrons. The van der Waals surface area contributed by atoms with Crippen molar-refractivity contribution in [2.45, 2.75) is 45.6 Å². The van der Waals surface area contributed by atoms with Gasteiger partial charge in [0.1, 0.15) is 17.6 Å². The van der Waals surface area contributed by atoms with E-state index in [0.717, 1.165) is 28.0 Å². The van der Waals surface area contributed by atoms with Gasteiger partial charge in [-0.3, -0.25) is 4.99 Å². The van der Waals surface area contributed by atoms with E-state index >= 15 is 0 Å². The molecule has 3 aromatic rings. The zero-order valence-corrected chi connectivity index (χ0v) is 16.1. The Morgan fingerprint density at radius 3 is 2.52 bits per heavy atom. The van der Waals surface area contributed by atoms with E-state index in [0.29, 0.717) is 11.3 Å². The molecule has 0 unspecified atom stereocenters. The number of halogens is 1. The van der Waals surface area contributed by atoms with Crippen molar-refractivity contribution in [3.63, 3.8) is 0 Å². The Bertz CT molecular complexity index is 1160. The molecule has 1 aliphatic rings. The number of aromatic nitrogens is 2. The third kappa shape index (κ3) is 2.33. The van der Waals surface area contributed by atoms with Crippen LogP contribution in [0.4, 0.5) is 4.39 Å². The van der Waals surface area contributed by atoms with Crippen molar-refractivity contribution in [2.24, 2.45) is 4.99 Å². The molecule has 0 saturated carbocycles. The summed E-state index contributed by atoms with van der Waals surface area (Å²) in [5, 5.41) is 13.8. The van der Waals surface area contributed by atoms with Crippen molar-refractivity contribution < 1.29 is 4.39 Å². The van der Waals surface area contributed by atoms with Crippen LogP contribution in [0, 0.1) is 24.1 Å². The van der Waals surface area contributed by atoms with E-state index in [1.165, 1.54) is 6.07 Å². The molecule has 0 radical (unpaired) electrons. The van der Waals surface area contributed by atoms with E-state index in [9.17, 15) is 9.65 Å². The molecule has 0 atom stereocenters. The highest BCUT2D eigenvalue weighted by atomic mass is 19.1. The smallest absolute Gasteiger partial charge is 0.142 e. The van der Waals surface area contributed by atoms with Crippen molar-refractivity contribution in [3.05, 3.63) is 70.3 Å². The fourth-order valence-corrected chi connectivity index (χ4v) is 3.79. The third-order valence-corrected chi connectivity index (χ3v) is 6.00. The van der Waals surface area contributed by atoms with Crippen molar-refractivity contribution in [1.29, 1.82) is 5.26 Å². The maximum absolute atomic E-state index is 14.9. The van der Waals surface area contributed by atoms with E-state index in [-0.39, 0.29) is 5.82 Å². The summed E-state index contributed by atoms with van der Waals surface area (Å²) >= 11 is 0. The summed E-state index contributed by atoms with van der Waals surface area (Å²) in [6, 6.07) is 12.9. The van der Waals surface area contributed by atoms with Crippen LogP contribution in [-0.4, -0.2) is 20.9 Å². The van der Waals surface area contributed by atoms with Crippen LogP contribution in [0.1, 0.15) is 55.8 Å². The van der Waals surface area contributed by atoms with Gasteiger partial charge in [-0.2, -0.15) is 10.4 Å². The van der Waals surface area contributed by atoms with Gasteiger partial charge in [0.15, 0.2) is 0 Å². The van der Waals surface area contributed by atoms with E-state index in [2.05, 4.69) is 11.2 Å². The number of benzene rings is 1. The first-order valence-corrected chi connectivity index (χ1v) is 8.96. The molecule has 0 fully saturated rings. The van der Waals surface area contributed by atoms with Crippen LogP contribution in [-0.2, 0) is 5.41 Å². The summed E-state index contributed by atoms with van der Waals surface area (Å²) in [7, 11) is 0. The number of rotatable bonds is 1. The fraction of sp³-hybridized carbons (Fsp3) is 0.318. The lowest BCUT2D eigenvalue weighted by Crippen LogP contribution is -2.47. The van der Waals surface area contributed by atoms with Gasteiger partial charge in [-0.25, -0.2) is 8.91 Å². The topological polar surface area (TPSA) is 53.5 Å². The summed E-state index contributed by atoms with van der Waals surface area (Å²) in [6.45, 7) is 10.0. The molecule has 3 heterocycles. The molecule has 0 spiro atoms.